The molecule has 0 spiro atoms. The van der Waals surface area contributed by atoms with E-state index >= 15 is 0 Å². The van der Waals surface area contributed by atoms with Gasteiger partial charge in [0.1, 0.15) is 0 Å². The monoisotopic (exact) mass is 840 g/mol. The number of benzene rings is 11. The highest BCUT2D eigenvalue weighted by Crippen LogP contribution is 2.47. The minimum Gasteiger partial charge on any atom is -0.310 e. The molecule has 0 atom stereocenters. The highest BCUT2D eigenvalue weighted by atomic mass is 15.1. The Kier molecular flexibility index (Phi) is 9.89. The quantitative estimate of drug-likeness (QED) is 0.141. The molecule has 0 aliphatic heterocycles. The van der Waals surface area contributed by atoms with Crippen LogP contribution in [0.25, 0.3) is 93.9 Å². The SMILES string of the molecule is c1ccc(-c2ccccc2-c2ccccc2-c2ccccc2N(c2ccc(-c3ccc4ccccc4c3)cc2)c2cccc(-c3cccc4c3c3ccccc3n4-c3ccccc3)c2)cc1. The van der Waals surface area contributed by atoms with Crippen LogP contribution in [0.4, 0.5) is 17.1 Å². The van der Waals surface area contributed by atoms with E-state index < -0.39 is 0 Å². The molecular formula is C64H44N2. The first-order chi connectivity index (χ1) is 32.8. The lowest BCUT2D eigenvalue weighted by molar-refractivity contribution is 1.18. The van der Waals surface area contributed by atoms with Crippen LogP contribution in [0.5, 0.6) is 0 Å². The molecule has 12 aromatic rings. The van der Waals surface area contributed by atoms with Crippen LogP contribution in [0.3, 0.4) is 0 Å². The Morgan fingerprint density at radius 2 is 0.818 bits per heavy atom. The van der Waals surface area contributed by atoms with E-state index in [2.05, 4.69) is 276 Å². The van der Waals surface area contributed by atoms with Gasteiger partial charge in [-0.1, -0.05) is 206 Å². The number of anilines is 3. The van der Waals surface area contributed by atoms with Gasteiger partial charge in [-0.15, -0.1) is 0 Å². The van der Waals surface area contributed by atoms with E-state index in [0.717, 1.165) is 33.9 Å². The van der Waals surface area contributed by atoms with Crippen LogP contribution in [0, 0.1) is 0 Å². The number of nitrogens with zero attached hydrogens (tertiary/aromatic N) is 2. The molecule has 12 rings (SSSR count). The van der Waals surface area contributed by atoms with E-state index in [-0.39, 0.29) is 0 Å². The van der Waals surface area contributed by atoms with Crippen molar-refractivity contribution in [2.45, 2.75) is 0 Å². The van der Waals surface area contributed by atoms with Crippen LogP contribution in [0.15, 0.2) is 267 Å². The Morgan fingerprint density at radius 1 is 0.273 bits per heavy atom. The zero-order chi connectivity index (χ0) is 43.8. The molecule has 0 radical (unpaired) electrons. The van der Waals surface area contributed by atoms with E-state index in [9.17, 15) is 0 Å². The summed E-state index contributed by atoms with van der Waals surface area (Å²) in [4.78, 5) is 2.44. The van der Waals surface area contributed by atoms with Gasteiger partial charge in [-0.3, -0.25) is 0 Å². The van der Waals surface area contributed by atoms with Crippen LogP contribution in [-0.4, -0.2) is 4.57 Å². The number of fused-ring (bicyclic) bond motifs is 4. The smallest absolute Gasteiger partial charge is 0.0547 e. The molecule has 66 heavy (non-hydrogen) atoms. The van der Waals surface area contributed by atoms with Gasteiger partial charge in [0.15, 0.2) is 0 Å². The average molecular weight is 841 g/mol. The van der Waals surface area contributed by atoms with Gasteiger partial charge in [0, 0.05) is 33.4 Å². The van der Waals surface area contributed by atoms with Gasteiger partial charge in [-0.2, -0.15) is 0 Å². The number of rotatable bonds is 9. The summed E-state index contributed by atoms with van der Waals surface area (Å²) in [5.41, 5.74) is 18.6. The van der Waals surface area contributed by atoms with Crippen LogP contribution >= 0.6 is 0 Å². The summed E-state index contributed by atoms with van der Waals surface area (Å²) in [5.74, 6) is 0. The summed E-state index contributed by atoms with van der Waals surface area (Å²) < 4.78 is 2.39. The molecule has 0 fully saturated rings. The van der Waals surface area contributed by atoms with Crippen molar-refractivity contribution in [2.24, 2.45) is 0 Å². The lowest BCUT2D eigenvalue weighted by atomic mass is 9.88. The summed E-state index contributed by atoms with van der Waals surface area (Å²) in [7, 11) is 0. The van der Waals surface area contributed by atoms with Crippen LogP contribution in [-0.2, 0) is 0 Å². The van der Waals surface area contributed by atoms with Crippen molar-refractivity contribution in [1.29, 1.82) is 0 Å². The summed E-state index contributed by atoms with van der Waals surface area (Å²) in [6.07, 6.45) is 0. The van der Waals surface area contributed by atoms with Crippen molar-refractivity contribution in [1.82, 2.24) is 4.57 Å². The maximum atomic E-state index is 2.44. The van der Waals surface area contributed by atoms with Gasteiger partial charge in [-0.05, 0) is 122 Å². The fourth-order valence-electron chi connectivity index (χ4n) is 9.96. The second-order valence-electron chi connectivity index (χ2n) is 16.9. The maximum Gasteiger partial charge on any atom is 0.0547 e. The summed E-state index contributed by atoms with van der Waals surface area (Å²) >= 11 is 0. The fourth-order valence-corrected chi connectivity index (χ4v) is 9.96. The Bertz CT molecular complexity index is 3700. The molecule has 2 nitrogen and oxygen atoms in total. The lowest BCUT2D eigenvalue weighted by Gasteiger charge is -2.29. The first-order valence-electron chi connectivity index (χ1n) is 22.7. The highest BCUT2D eigenvalue weighted by Gasteiger charge is 2.22. The molecule has 0 amide bonds. The Hall–Kier alpha value is -8.72. The third kappa shape index (κ3) is 6.93. The Morgan fingerprint density at radius 3 is 1.61 bits per heavy atom. The normalized spacial score (nSPS) is 11.3. The average Bonchev–Trinajstić information content (AvgIpc) is 3.74. The molecule has 0 saturated carbocycles. The molecule has 11 aromatic carbocycles. The van der Waals surface area contributed by atoms with Gasteiger partial charge in [0.05, 0.1) is 16.7 Å². The molecule has 1 heterocycles. The largest absolute Gasteiger partial charge is 0.310 e. The van der Waals surface area contributed by atoms with E-state index in [1.165, 1.54) is 77.1 Å². The third-order valence-corrected chi connectivity index (χ3v) is 13.0. The summed E-state index contributed by atoms with van der Waals surface area (Å²) in [6, 6.07) is 96.9. The van der Waals surface area contributed by atoms with Crippen LogP contribution in [0.1, 0.15) is 0 Å². The van der Waals surface area contributed by atoms with Crippen molar-refractivity contribution >= 4 is 49.6 Å². The van der Waals surface area contributed by atoms with Crippen LogP contribution < -0.4 is 4.90 Å². The Balaban J connectivity index is 1.05. The first kappa shape index (κ1) is 38.9. The molecule has 0 saturated heterocycles. The maximum absolute atomic E-state index is 2.44. The second-order valence-corrected chi connectivity index (χ2v) is 16.9. The molecule has 0 bridgehead atoms. The number of hydrogen-bond acceptors (Lipinski definition) is 1. The lowest BCUT2D eigenvalue weighted by Crippen LogP contribution is -2.11. The second kappa shape index (κ2) is 16.8. The van der Waals surface area contributed by atoms with Crippen molar-refractivity contribution < 1.29 is 0 Å². The highest BCUT2D eigenvalue weighted by molar-refractivity contribution is 6.16. The summed E-state index contributed by atoms with van der Waals surface area (Å²) in [5, 5.41) is 4.96. The fraction of sp³-hybridized carbons (Fsp3) is 0. The summed E-state index contributed by atoms with van der Waals surface area (Å²) in [6.45, 7) is 0. The topological polar surface area (TPSA) is 8.17 Å². The van der Waals surface area contributed by atoms with Gasteiger partial charge >= 0.3 is 0 Å². The predicted molar refractivity (Wildman–Crippen MR) is 280 cm³/mol. The molecule has 0 unspecified atom stereocenters. The molecule has 0 aliphatic rings. The predicted octanol–water partition coefficient (Wildman–Crippen LogP) is 17.7. The minimum atomic E-state index is 1.07. The molecular weight excluding hydrogens is 797 g/mol. The minimum absolute atomic E-state index is 1.07. The van der Waals surface area contributed by atoms with E-state index in [1.54, 1.807) is 0 Å². The third-order valence-electron chi connectivity index (χ3n) is 13.0. The number of para-hydroxylation sites is 3. The van der Waals surface area contributed by atoms with Gasteiger partial charge in [0.2, 0.25) is 0 Å². The van der Waals surface area contributed by atoms with Crippen molar-refractivity contribution in [3.63, 3.8) is 0 Å². The van der Waals surface area contributed by atoms with Gasteiger partial charge in [0.25, 0.3) is 0 Å². The van der Waals surface area contributed by atoms with Crippen molar-refractivity contribution in [3.05, 3.63) is 267 Å². The molecule has 1 aromatic heterocycles. The zero-order valence-corrected chi connectivity index (χ0v) is 36.3. The van der Waals surface area contributed by atoms with Crippen molar-refractivity contribution in [2.75, 3.05) is 4.90 Å². The molecule has 2 heteroatoms. The first-order valence-corrected chi connectivity index (χ1v) is 22.7. The van der Waals surface area contributed by atoms with Crippen LogP contribution in [0.2, 0.25) is 0 Å². The Labute approximate surface area is 385 Å². The zero-order valence-electron chi connectivity index (χ0n) is 36.3. The van der Waals surface area contributed by atoms with Crippen molar-refractivity contribution in [3.8, 4) is 61.3 Å². The van der Waals surface area contributed by atoms with E-state index in [1.807, 2.05) is 0 Å². The standard InChI is InChI=1S/C64H44N2/c1-3-20-47(21-4-1)54-27-9-10-28-56(54)57-29-11-12-30-58(57)59-31-13-15-34-61(59)65(52-41-39-46(40-42-52)49-38-37-45-19-7-8-22-48(45)43-49)53-26-17-23-50(44-53)55-33-18-36-63-64(55)60-32-14-16-35-62(60)66(63)51-24-5-2-6-25-51/h1-44H. The molecule has 0 N–H and O–H groups in total. The number of aromatic nitrogens is 1. The van der Waals surface area contributed by atoms with Gasteiger partial charge in [-0.25, -0.2) is 0 Å². The van der Waals surface area contributed by atoms with E-state index in [4.69, 9.17) is 0 Å². The van der Waals surface area contributed by atoms with E-state index in [0.29, 0.717) is 0 Å². The van der Waals surface area contributed by atoms with Gasteiger partial charge < -0.3 is 9.47 Å². The molecule has 0 aliphatic carbocycles. The molecule has 310 valence electrons. The number of hydrogen-bond donors (Lipinski definition) is 0.